The van der Waals surface area contributed by atoms with Gasteiger partial charge < -0.3 is 19.9 Å². The van der Waals surface area contributed by atoms with Crippen LogP contribution in [0.2, 0.25) is 0 Å². The predicted molar refractivity (Wildman–Crippen MR) is 108 cm³/mol. The Morgan fingerprint density at radius 1 is 1.21 bits per heavy atom. The van der Waals surface area contributed by atoms with Crippen LogP contribution in [0.15, 0.2) is 24.3 Å². The minimum atomic E-state index is 0.0264. The smallest absolute Gasteiger partial charge is 0.155 e. The quantitative estimate of drug-likeness (QED) is 0.665. The highest BCUT2D eigenvalue weighted by molar-refractivity contribution is 5.35. The fraction of sp³-hybridized carbons (Fsp3) is 0.619. The summed E-state index contributed by atoms with van der Waals surface area (Å²) >= 11 is 0. The van der Waals surface area contributed by atoms with E-state index in [2.05, 4.69) is 6.07 Å². The van der Waals surface area contributed by atoms with Crippen molar-refractivity contribution in [1.29, 1.82) is 0 Å². The Morgan fingerprint density at radius 2 is 2.04 bits per heavy atom. The SMILES string of the molecule is CCOCCn1nc(Cc2ccccc2OC)nc1[C@H]1CC[C@@H](OC)[C@H](N)C1. The van der Waals surface area contributed by atoms with Gasteiger partial charge in [-0.3, -0.25) is 0 Å². The molecule has 1 aliphatic rings. The number of para-hydroxylation sites is 1. The van der Waals surface area contributed by atoms with Gasteiger partial charge in [0.25, 0.3) is 0 Å². The molecule has 2 aromatic rings. The largest absolute Gasteiger partial charge is 0.496 e. The van der Waals surface area contributed by atoms with E-state index in [0.29, 0.717) is 32.1 Å². The molecule has 0 amide bonds. The second-order valence-corrected chi connectivity index (χ2v) is 7.24. The zero-order valence-electron chi connectivity index (χ0n) is 17.1. The van der Waals surface area contributed by atoms with E-state index in [1.54, 1.807) is 14.2 Å². The molecule has 7 heteroatoms. The molecule has 0 saturated heterocycles. The molecule has 0 aliphatic heterocycles. The maximum Gasteiger partial charge on any atom is 0.155 e. The number of nitrogens with zero attached hydrogens (tertiary/aromatic N) is 3. The van der Waals surface area contributed by atoms with Crippen LogP contribution in [0.5, 0.6) is 5.75 Å². The molecule has 1 aromatic carbocycles. The van der Waals surface area contributed by atoms with Gasteiger partial charge in [0.2, 0.25) is 0 Å². The van der Waals surface area contributed by atoms with Gasteiger partial charge in [-0.1, -0.05) is 18.2 Å². The van der Waals surface area contributed by atoms with Crippen LogP contribution in [0, 0.1) is 0 Å². The lowest BCUT2D eigenvalue weighted by Crippen LogP contribution is -2.41. The minimum absolute atomic E-state index is 0.0264. The number of methoxy groups -OCH3 is 2. The van der Waals surface area contributed by atoms with Gasteiger partial charge in [-0.25, -0.2) is 9.67 Å². The first-order chi connectivity index (χ1) is 13.7. The van der Waals surface area contributed by atoms with Gasteiger partial charge in [0.15, 0.2) is 5.82 Å². The van der Waals surface area contributed by atoms with Crippen molar-refractivity contribution in [1.82, 2.24) is 14.8 Å². The molecular weight excluding hydrogens is 356 g/mol. The zero-order chi connectivity index (χ0) is 19.9. The van der Waals surface area contributed by atoms with Gasteiger partial charge in [-0.05, 0) is 32.3 Å². The molecule has 7 nitrogen and oxygen atoms in total. The summed E-state index contributed by atoms with van der Waals surface area (Å²) in [6.07, 6.45) is 3.58. The molecule has 2 N–H and O–H groups in total. The molecule has 0 unspecified atom stereocenters. The molecule has 0 bridgehead atoms. The van der Waals surface area contributed by atoms with Gasteiger partial charge >= 0.3 is 0 Å². The Labute approximate surface area is 167 Å². The van der Waals surface area contributed by atoms with E-state index in [9.17, 15) is 0 Å². The molecule has 154 valence electrons. The van der Waals surface area contributed by atoms with E-state index >= 15 is 0 Å². The first-order valence-corrected chi connectivity index (χ1v) is 10.1. The number of ether oxygens (including phenoxy) is 3. The molecule has 3 rings (SSSR count). The van der Waals surface area contributed by atoms with E-state index in [1.807, 2.05) is 29.8 Å². The van der Waals surface area contributed by atoms with Crippen molar-refractivity contribution in [3.05, 3.63) is 41.5 Å². The summed E-state index contributed by atoms with van der Waals surface area (Å²) < 4.78 is 18.5. The maximum atomic E-state index is 6.33. The van der Waals surface area contributed by atoms with Crippen LogP contribution in [-0.4, -0.2) is 54.3 Å². The highest BCUT2D eigenvalue weighted by atomic mass is 16.5. The number of rotatable bonds is 9. The summed E-state index contributed by atoms with van der Waals surface area (Å²) in [6, 6.07) is 8.03. The van der Waals surface area contributed by atoms with E-state index < -0.39 is 0 Å². The molecule has 0 radical (unpaired) electrons. The second kappa shape index (κ2) is 10.0. The lowest BCUT2D eigenvalue weighted by molar-refractivity contribution is 0.0477. The second-order valence-electron chi connectivity index (χ2n) is 7.24. The number of hydrogen-bond acceptors (Lipinski definition) is 6. The highest BCUT2D eigenvalue weighted by Gasteiger charge is 2.32. The topological polar surface area (TPSA) is 84.4 Å². The average Bonchev–Trinajstić information content (AvgIpc) is 3.11. The van der Waals surface area contributed by atoms with Crippen LogP contribution in [0.1, 0.15) is 49.3 Å². The molecule has 0 spiro atoms. The third kappa shape index (κ3) is 4.90. The summed E-state index contributed by atoms with van der Waals surface area (Å²) in [5.41, 5.74) is 7.42. The Hall–Kier alpha value is -1.96. The normalized spacial score (nSPS) is 22.4. The lowest BCUT2D eigenvalue weighted by Gasteiger charge is -2.32. The monoisotopic (exact) mass is 388 g/mol. The summed E-state index contributed by atoms with van der Waals surface area (Å²) in [7, 11) is 3.43. The van der Waals surface area contributed by atoms with E-state index in [-0.39, 0.29) is 12.1 Å². The Bertz CT molecular complexity index is 749. The fourth-order valence-corrected chi connectivity index (χ4v) is 3.96. The highest BCUT2D eigenvalue weighted by Crippen LogP contribution is 2.33. The van der Waals surface area contributed by atoms with E-state index in [4.69, 9.17) is 30.0 Å². The Morgan fingerprint density at radius 3 is 2.75 bits per heavy atom. The number of aromatic nitrogens is 3. The number of nitrogens with two attached hydrogens (primary N) is 1. The average molecular weight is 389 g/mol. The summed E-state index contributed by atoms with van der Waals surface area (Å²) in [4.78, 5) is 4.91. The molecule has 1 aromatic heterocycles. The van der Waals surface area contributed by atoms with Gasteiger partial charge in [0.1, 0.15) is 11.6 Å². The molecule has 1 aliphatic carbocycles. The lowest BCUT2D eigenvalue weighted by atomic mass is 9.83. The van der Waals surface area contributed by atoms with Crippen LogP contribution >= 0.6 is 0 Å². The van der Waals surface area contributed by atoms with Crippen LogP contribution in [0.3, 0.4) is 0 Å². The maximum absolute atomic E-state index is 6.33. The van der Waals surface area contributed by atoms with Crippen molar-refractivity contribution in [2.45, 2.75) is 57.2 Å². The standard InChI is InChI=1S/C21H32N4O3/c1-4-28-12-11-25-21(16-9-10-19(27-3)17(22)13-16)23-20(24-25)14-15-7-5-6-8-18(15)26-2/h5-8,16-17,19H,4,9-14,22H2,1-3H3/t16-,17+,19+/m0/s1. The third-order valence-corrected chi connectivity index (χ3v) is 5.44. The third-order valence-electron chi connectivity index (χ3n) is 5.44. The van der Waals surface area contributed by atoms with Gasteiger partial charge in [0.05, 0.1) is 26.4 Å². The summed E-state index contributed by atoms with van der Waals surface area (Å²) in [6.45, 7) is 4.02. The van der Waals surface area contributed by atoms with Crippen LogP contribution in [-0.2, 0) is 22.4 Å². The van der Waals surface area contributed by atoms with Crippen LogP contribution in [0.4, 0.5) is 0 Å². The van der Waals surface area contributed by atoms with E-state index in [0.717, 1.165) is 42.2 Å². The minimum Gasteiger partial charge on any atom is -0.496 e. The van der Waals surface area contributed by atoms with E-state index in [1.165, 1.54) is 0 Å². The Kier molecular flexibility index (Phi) is 7.42. The first-order valence-electron chi connectivity index (χ1n) is 10.1. The number of hydrogen-bond donors (Lipinski definition) is 1. The van der Waals surface area contributed by atoms with Crippen LogP contribution in [0.25, 0.3) is 0 Å². The summed E-state index contributed by atoms with van der Waals surface area (Å²) in [5, 5.41) is 4.79. The molecular formula is C21H32N4O3. The van der Waals surface area contributed by atoms with Gasteiger partial charge in [-0.2, -0.15) is 5.10 Å². The van der Waals surface area contributed by atoms with Crippen molar-refractivity contribution in [3.63, 3.8) is 0 Å². The fourth-order valence-electron chi connectivity index (χ4n) is 3.96. The van der Waals surface area contributed by atoms with Gasteiger partial charge in [0, 0.05) is 37.7 Å². The number of benzene rings is 1. The van der Waals surface area contributed by atoms with Crippen molar-refractivity contribution in [2.75, 3.05) is 27.4 Å². The Balaban J connectivity index is 1.81. The molecule has 1 fully saturated rings. The molecule has 1 saturated carbocycles. The van der Waals surface area contributed by atoms with Crippen molar-refractivity contribution in [3.8, 4) is 5.75 Å². The predicted octanol–water partition coefficient (Wildman–Crippen LogP) is 2.52. The van der Waals surface area contributed by atoms with Gasteiger partial charge in [-0.15, -0.1) is 0 Å². The summed E-state index contributed by atoms with van der Waals surface area (Å²) in [5.74, 6) is 2.97. The van der Waals surface area contributed by atoms with Crippen molar-refractivity contribution in [2.24, 2.45) is 5.73 Å². The van der Waals surface area contributed by atoms with Crippen LogP contribution < -0.4 is 10.5 Å². The molecule has 28 heavy (non-hydrogen) atoms. The zero-order valence-corrected chi connectivity index (χ0v) is 17.1. The van der Waals surface area contributed by atoms with Crippen molar-refractivity contribution >= 4 is 0 Å². The first kappa shape index (κ1) is 20.8. The van der Waals surface area contributed by atoms with Crippen molar-refractivity contribution < 1.29 is 14.2 Å². The molecule has 1 heterocycles. The molecule has 3 atom stereocenters.